The molecule has 2 rings (SSSR count). The van der Waals surface area contributed by atoms with Crippen LogP contribution in [0.25, 0.3) is 0 Å². The van der Waals surface area contributed by atoms with E-state index in [0.717, 1.165) is 38.4 Å². The fourth-order valence-electron chi connectivity index (χ4n) is 2.46. The molecule has 4 nitrogen and oxygen atoms in total. The van der Waals surface area contributed by atoms with E-state index < -0.39 is 0 Å². The van der Waals surface area contributed by atoms with Crippen molar-refractivity contribution in [2.45, 2.75) is 58.7 Å². The lowest BCUT2D eigenvalue weighted by atomic mass is 10.1. The third-order valence-corrected chi connectivity index (χ3v) is 3.49. The quantitative estimate of drug-likeness (QED) is 0.785. The van der Waals surface area contributed by atoms with E-state index in [4.69, 9.17) is 4.74 Å². The number of ether oxygens (including phenoxy) is 1. The van der Waals surface area contributed by atoms with Gasteiger partial charge in [-0.3, -0.25) is 4.68 Å². The third kappa shape index (κ3) is 5.33. The van der Waals surface area contributed by atoms with Crippen LogP contribution in [0.1, 0.15) is 45.2 Å². The highest BCUT2D eigenvalue weighted by Gasteiger charge is 2.14. The molecule has 0 saturated carbocycles. The van der Waals surface area contributed by atoms with Crippen LogP contribution >= 0.6 is 0 Å². The molecular weight excluding hydrogens is 238 g/mol. The maximum Gasteiger partial charge on any atom is 0.0762 e. The molecular formula is C15H27N3O. The Morgan fingerprint density at radius 3 is 3.16 bits per heavy atom. The van der Waals surface area contributed by atoms with Gasteiger partial charge in [-0.1, -0.05) is 13.8 Å². The van der Waals surface area contributed by atoms with Crippen molar-refractivity contribution in [2.24, 2.45) is 5.92 Å². The van der Waals surface area contributed by atoms with Gasteiger partial charge in [0.15, 0.2) is 0 Å². The zero-order valence-corrected chi connectivity index (χ0v) is 12.3. The molecule has 108 valence electrons. The van der Waals surface area contributed by atoms with Gasteiger partial charge in [-0.15, -0.1) is 0 Å². The van der Waals surface area contributed by atoms with Crippen LogP contribution in [-0.4, -0.2) is 29.0 Å². The van der Waals surface area contributed by atoms with Gasteiger partial charge in [0.05, 0.1) is 11.8 Å². The fourth-order valence-corrected chi connectivity index (χ4v) is 2.46. The summed E-state index contributed by atoms with van der Waals surface area (Å²) in [6, 6.07) is 2.11. The van der Waals surface area contributed by atoms with Crippen LogP contribution in [0, 0.1) is 5.92 Å². The summed E-state index contributed by atoms with van der Waals surface area (Å²) < 4.78 is 7.69. The molecule has 1 aromatic rings. The Morgan fingerprint density at radius 1 is 1.53 bits per heavy atom. The van der Waals surface area contributed by atoms with Crippen molar-refractivity contribution >= 4 is 0 Å². The lowest BCUT2D eigenvalue weighted by molar-refractivity contribution is 0.101. The van der Waals surface area contributed by atoms with Crippen LogP contribution in [0.5, 0.6) is 0 Å². The predicted octanol–water partition coefficient (Wildman–Crippen LogP) is 2.59. The Bertz CT molecular complexity index is 356. The highest BCUT2D eigenvalue weighted by atomic mass is 16.5. The molecule has 1 aliphatic rings. The molecule has 1 saturated heterocycles. The highest BCUT2D eigenvalue weighted by molar-refractivity contribution is 4.98. The van der Waals surface area contributed by atoms with Crippen molar-refractivity contribution in [3.63, 3.8) is 0 Å². The molecule has 0 spiro atoms. The summed E-state index contributed by atoms with van der Waals surface area (Å²) in [6.45, 7) is 8.32. The minimum absolute atomic E-state index is 0.503. The average Bonchev–Trinajstić information content (AvgIpc) is 3.00. The summed E-state index contributed by atoms with van der Waals surface area (Å²) in [4.78, 5) is 0. The normalized spacial score (nSPS) is 19.4. The first-order valence-corrected chi connectivity index (χ1v) is 7.58. The second kappa shape index (κ2) is 7.65. The topological polar surface area (TPSA) is 39.1 Å². The first-order chi connectivity index (χ1) is 9.24. The number of aryl methyl sites for hydroxylation is 1. The second-order valence-electron chi connectivity index (χ2n) is 5.87. The maximum absolute atomic E-state index is 5.63. The van der Waals surface area contributed by atoms with Crippen molar-refractivity contribution in [1.29, 1.82) is 0 Å². The fraction of sp³-hybridized carbons (Fsp3) is 0.800. The van der Waals surface area contributed by atoms with E-state index in [-0.39, 0.29) is 0 Å². The van der Waals surface area contributed by atoms with Crippen LogP contribution in [-0.2, 0) is 17.8 Å². The van der Waals surface area contributed by atoms with E-state index in [2.05, 4.69) is 41.2 Å². The SMILES string of the molecule is CC(C)CNCc1ccn(CCCC2CCCO2)n1. The molecule has 0 aromatic carbocycles. The Kier molecular flexibility index (Phi) is 5.86. The van der Waals surface area contributed by atoms with E-state index in [9.17, 15) is 0 Å². The first kappa shape index (κ1) is 14.5. The molecule has 0 radical (unpaired) electrons. The summed E-state index contributed by atoms with van der Waals surface area (Å²) >= 11 is 0. The van der Waals surface area contributed by atoms with Crippen LogP contribution in [0.4, 0.5) is 0 Å². The number of rotatable bonds is 8. The van der Waals surface area contributed by atoms with E-state index >= 15 is 0 Å². The molecule has 1 N–H and O–H groups in total. The first-order valence-electron chi connectivity index (χ1n) is 7.58. The molecule has 1 aromatic heterocycles. The summed E-state index contributed by atoms with van der Waals surface area (Å²) in [7, 11) is 0. The Balaban J connectivity index is 1.62. The van der Waals surface area contributed by atoms with Crippen LogP contribution in [0.15, 0.2) is 12.3 Å². The number of hydrogen-bond acceptors (Lipinski definition) is 3. The molecule has 1 aliphatic heterocycles. The van der Waals surface area contributed by atoms with E-state index in [1.165, 1.54) is 19.3 Å². The predicted molar refractivity (Wildman–Crippen MR) is 77.0 cm³/mol. The lowest BCUT2D eigenvalue weighted by Gasteiger charge is -2.08. The van der Waals surface area contributed by atoms with Gasteiger partial charge in [0.25, 0.3) is 0 Å². The molecule has 2 heterocycles. The summed E-state index contributed by atoms with van der Waals surface area (Å²) in [6.07, 6.45) is 7.39. The second-order valence-corrected chi connectivity index (χ2v) is 5.87. The van der Waals surface area contributed by atoms with Crippen LogP contribution in [0.3, 0.4) is 0 Å². The summed E-state index contributed by atoms with van der Waals surface area (Å²) in [5, 5.41) is 8.00. The largest absolute Gasteiger partial charge is 0.378 e. The Morgan fingerprint density at radius 2 is 2.42 bits per heavy atom. The van der Waals surface area contributed by atoms with Gasteiger partial charge in [0.2, 0.25) is 0 Å². The minimum Gasteiger partial charge on any atom is -0.378 e. The Labute approximate surface area is 116 Å². The standard InChI is InChI=1S/C15H27N3O/c1-13(2)11-16-12-14-7-9-18(17-14)8-3-5-15-6-4-10-19-15/h7,9,13,15-16H,3-6,8,10-12H2,1-2H3. The molecule has 0 aliphatic carbocycles. The molecule has 0 bridgehead atoms. The summed E-state index contributed by atoms with van der Waals surface area (Å²) in [5.41, 5.74) is 1.14. The van der Waals surface area contributed by atoms with E-state index in [1.807, 2.05) is 0 Å². The molecule has 1 fully saturated rings. The third-order valence-electron chi connectivity index (χ3n) is 3.49. The monoisotopic (exact) mass is 265 g/mol. The average molecular weight is 265 g/mol. The molecule has 1 unspecified atom stereocenters. The van der Waals surface area contributed by atoms with Gasteiger partial charge < -0.3 is 10.1 Å². The molecule has 4 heteroatoms. The number of nitrogens with zero attached hydrogens (tertiary/aromatic N) is 2. The minimum atomic E-state index is 0.503. The van der Waals surface area contributed by atoms with Gasteiger partial charge in [0, 0.05) is 25.9 Å². The summed E-state index contributed by atoms with van der Waals surface area (Å²) in [5.74, 6) is 0.688. The van der Waals surface area contributed by atoms with Gasteiger partial charge in [0.1, 0.15) is 0 Å². The Hall–Kier alpha value is -0.870. The van der Waals surface area contributed by atoms with Gasteiger partial charge in [-0.2, -0.15) is 5.10 Å². The van der Waals surface area contributed by atoms with Gasteiger partial charge >= 0.3 is 0 Å². The smallest absolute Gasteiger partial charge is 0.0762 e. The van der Waals surface area contributed by atoms with Gasteiger partial charge in [-0.25, -0.2) is 0 Å². The van der Waals surface area contributed by atoms with Crippen molar-refractivity contribution in [3.8, 4) is 0 Å². The maximum atomic E-state index is 5.63. The van der Waals surface area contributed by atoms with E-state index in [1.54, 1.807) is 0 Å². The van der Waals surface area contributed by atoms with Crippen LogP contribution < -0.4 is 5.32 Å². The molecule has 19 heavy (non-hydrogen) atoms. The van der Waals surface area contributed by atoms with Crippen LogP contribution in [0.2, 0.25) is 0 Å². The number of hydrogen-bond donors (Lipinski definition) is 1. The van der Waals surface area contributed by atoms with Crippen molar-refractivity contribution in [3.05, 3.63) is 18.0 Å². The molecule has 0 amide bonds. The zero-order chi connectivity index (χ0) is 13.5. The lowest BCUT2D eigenvalue weighted by Crippen LogP contribution is -2.19. The number of nitrogens with one attached hydrogen (secondary N) is 1. The zero-order valence-electron chi connectivity index (χ0n) is 12.3. The van der Waals surface area contributed by atoms with Gasteiger partial charge in [-0.05, 0) is 44.2 Å². The number of aromatic nitrogens is 2. The highest BCUT2D eigenvalue weighted by Crippen LogP contribution is 2.17. The van der Waals surface area contributed by atoms with Crippen molar-refractivity contribution < 1.29 is 4.74 Å². The van der Waals surface area contributed by atoms with E-state index in [0.29, 0.717) is 12.0 Å². The van der Waals surface area contributed by atoms with Crippen molar-refractivity contribution in [2.75, 3.05) is 13.2 Å². The molecule has 1 atom stereocenters. The van der Waals surface area contributed by atoms with Crippen molar-refractivity contribution in [1.82, 2.24) is 15.1 Å².